The number of aromatic nitrogens is 3. The van der Waals surface area contributed by atoms with Gasteiger partial charge in [-0.3, -0.25) is 14.6 Å². The highest BCUT2D eigenvalue weighted by molar-refractivity contribution is 6.40. The minimum absolute atomic E-state index is 0.00768. The third kappa shape index (κ3) is 5.60. The van der Waals surface area contributed by atoms with Crippen molar-refractivity contribution in [2.75, 3.05) is 11.9 Å². The van der Waals surface area contributed by atoms with E-state index in [1.807, 2.05) is 0 Å². The lowest BCUT2D eigenvalue weighted by atomic mass is 10.2. The van der Waals surface area contributed by atoms with Crippen molar-refractivity contribution in [1.82, 2.24) is 19.9 Å². The average Bonchev–Trinajstić information content (AvgIpc) is 3.19. The van der Waals surface area contributed by atoms with Gasteiger partial charge in [0.15, 0.2) is 0 Å². The Morgan fingerprint density at radius 1 is 0.972 bits per heavy atom. The van der Waals surface area contributed by atoms with Crippen LogP contribution in [0.4, 0.5) is 18.9 Å². The van der Waals surface area contributed by atoms with Crippen molar-refractivity contribution in [3.8, 4) is 0 Å². The molecule has 2 heterocycles. The molecule has 186 valence electrons. The standard InChI is InChI=1S/C24H18Cl2F3N5O2/c25-15-6-3-7-16(26)20(15)22(36)32-17-8-4-9-18-21(17)33-23(24(27,28)29)34(18)13-19(35)31-12-10-14-5-1-2-11-30-14/h1-9,11H,10,12-13H2,(H,31,35)(H,32,36). The SMILES string of the molecule is O=C(Cn1c(C(F)(F)F)nc2c(NC(=O)c3c(Cl)cccc3Cl)cccc21)NCCc1ccccn1. The first-order valence-electron chi connectivity index (χ1n) is 10.6. The summed E-state index contributed by atoms with van der Waals surface area (Å²) in [5.74, 6) is -2.61. The van der Waals surface area contributed by atoms with Crippen molar-refractivity contribution in [2.45, 2.75) is 19.1 Å². The lowest BCUT2D eigenvalue weighted by Crippen LogP contribution is -2.31. The van der Waals surface area contributed by atoms with Gasteiger partial charge in [0, 0.05) is 24.9 Å². The molecule has 0 radical (unpaired) electrons. The number of nitrogens with one attached hydrogen (secondary N) is 2. The Hall–Kier alpha value is -3.63. The number of carbonyl (C=O) groups excluding carboxylic acids is 2. The van der Waals surface area contributed by atoms with Crippen LogP contribution in [0.2, 0.25) is 10.0 Å². The second-order valence-corrected chi connectivity index (χ2v) is 8.48. The van der Waals surface area contributed by atoms with Crippen molar-refractivity contribution in [3.05, 3.63) is 87.9 Å². The van der Waals surface area contributed by atoms with E-state index in [1.54, 1.807) is 30.5 Å². The van der Waals surface area contributed by atoms with Gasteiger partial charge in [0.1, 0.15) is 12.1 Å². The number of nitrogens with zero attached hydrogens (tertiary/aromatic N) is 3. The molecule has 2 N–H and O–H groups in total. The summed E-state index contributed by atoms with van der Waals surface area (Å²) in [5.41, 5.74) is 0.600. The lowest BCUT2D eigenvalue weighted by molar-refractivity contribution is -0.147. The van der Waals surface area contributed by atoms with Gasteiger partial charge in [-0.1, -0.05) is 41.4 Å². The van der Waals surface area contributed by atoms with Gasteiger partial charge in [-0.25, -0.2) is 4.98 Å². The molecule has 2 aromatic carbocycles. The zero-order valence-electron chi connectivity index (χ0n) is 18.4. The Bertz CT molecular complexity index is 1400. The van der Waals surface area contributed by atoms with Crippen molar-refractivity contribution in [2.24, 2.45) is 0 Å². The summed E-state index contributed by atoms with van der Waals surface area (Å²) in [6.07, 6.45) is -2.81. The fraction of sp³-hybridized carbons (Fsp3) is 0.167. The molecule has 12 heteroatoms. The van der Waals surface area contributed by atoms with E-state index in [0.717, 1.165) is 10.3 Å². The quantitative estimate of drug-likeness (QED) is 0.333. The largest absolute Gasteiger partial charge is 0.449 e. The summed E-state index contributed by atoms with van der Waals surface area (Å²) in [7, 11) is 0. The monoisotopic (exact) mass is 535 g/mol. The number of fused-ring (bicyclic) bond motifs is 1. The number of hydrogen-bond donors (Lipinski definition) is 2. The number of anilines is 1. The maximum atomic E-state index is 13.8. The smallest absolute Gasteiger partial charge is 0.354 e. The molecule has 0 saturated heterocycles. The third-order valence-corrected chi connectivity index (χ3v) is 5.83. The van der Waals surface area contributed by atoms with E-state index in [9.17, 15) is 22.8 Å². The molecule has 4 rings (SSSR count). The molecular weight excluding hydrogens is 518 g/mol. The Labute approximate surface area is 213 Å². The fourth-order valence-corrected chi connectivity index (χ4v) is 4.17. The molecule has 0 saturated carbocycles. The molecule has 0 aliphatic carbocycles. The Kier molecular flexibility index (Phi) is 7.46. The molecule has 0 unspecified atom stereocenters. The van der Waals surface area contributed by atoms with Crippen molar-refractivity contribution in [3.63, 3.8) is 0 Å². The van der Waals surface area contributed by atoms with Crippen LogP contribution in [0.15, 0.2) is 60.8 Å². The molecular formula is C24H18Cl2F3N5O2. The van der Waals surface area contributed by atoms with Crippen LogP contribution in [0.25, 0.3) is 11.0 Å². The summed E-state index contributed by atoms with van der Waals surface area (Å²) in [6, 6.07) is 14.1. The Morgan fingerprint density at radius 3 is 2.36 bits per heavy atom. The van der Waals surface area contributed by atoms with Gasteiger partial charge in [-0.2, -0.15) is 13.2 Å². The molecule has 2 amide bonds. The Balaban J connectivity index is 1.60. The second kappa shape index (κ2) is 10.5. The van der Waals surface area contributed by atoms with Crippen LogP contribution in [0.3, 0.4) is 0 Å². The minimum atomic E-state index is -4.85. The first-order valence-corrected chi connectivity index (χ1v) is 11.4. The molecule has 0 fully saturated rings. The van der Waals surface area contributed by atoms with E-state index in [0.29, 0.717) is 6.42 Å². The highest BCUT2D eigenvalue weighted by Crippen LogP contribution is 2.34. The highest BCUT2D eigenvalue weighted by Gasteiger charge is 2.38. The highest BCUT2D eigenvalue weighted by atomic mass is 35.5. The molecule has 0 spiro atoms. The number of rotatable bonds is 7. The van der Waals surface area contributed by atoms with Gasteiger partial charge in [-0.15, -0.1) is 0 Å². The molecule has 7 nitrogen and oxygen atoms in total. The maximum absolute atomic E-state index is 13.8. The zero-order valence-corrected chi connectivity index (χ0v) is 20.0. The number of imidazole rings is 1. The molecule has 0 aliphatic heterocycles. The van der Waals surface area contributed by atoms with E-state index in [4.69, 9.17) is 23.2 Å². The van der Waals surface area contributed by atoms with E-state index >= 15 is 0 Å². The molecule has 4 aromatic rings. The summed E-state index contributed by atoms with van der Waals surface area (Å²) < 4.78 is 42.3. The molecule has 36 heavy (non-hydrogen) atoms. The zero-order chi connectivity index (χ0) is 25.9. The van der Waals surface area contributed by atoms with Gasteiger partial charge in [0.2, 0.25) is 11.7 Å². The van der Waals surface area contributed by atoms with Gasteiger partial charge in [-0.05, 0) is 36.4 Å². The predicted molar refractivity (Wildman–Crippen MR) is 130 cm³/mol. The third-order valence-electron chi connectivity index (χ3n) is 5.20. The maximum Gasteiger partial charge on any atom is 0.449 e. The first-order chi connectivity index (χ1) is 17.1. The first kappa shape index (κ1) is 25.5. The van der Waals surface area contributed by atoms with Crippen molar-refractivity contribution < 1.29 is 22.8 Å². The number of hydrogen-bond acceptors (Lipinski definition) is 4. The summed E-state index contributed by atoms with van der Waals surface area (Å²) in [4.78, 5) is 33.2. The van der Waals surface area contributed by atoms with Crippen molar-refractivity contribution >= 4 is 51.7 Å². The van der Waals surface area contributed by atoms with Crippen LogP contribution in [-0.4, -0.2) is 32.9 Å². The van der Waals surface area contributed by atoms with Crippen LogP contribution in [-0.2, 0) is 23.9 Å². The van der Waals surface area contributed by atoms with Crippen LogP contribution < -0.4 is 10.6 Å². The van der Waals surface area contributed by atoms with Gasteiger partial charge in [0.25, 0.3) is 5.91 Å². The van der Waals surface area contributed by atoms with Crippen LogP contribution in [0.1, 0.15) is 21.9 Å². The topological polar surface area (TPSA) is 88.9 Å². The average molecular weight is 536 g/mol. The van der Waals surface area contributed by atoms with Crippen LogP contribution >= 0.6 is 23.2 Å². The number of alkyl halides is 3. The second-order valence-electron chi connectivity index (χ2n) is 7.66. The number of halogens is 5. The van der Waals surface area contributed by atoms with E-state index in [-0.39, 0.29) is 38.9 Å². The molecule has 0 aliphatic rings. The van der Waals surface area contributed by atoms with Crippen LogP contribution in [0.5, 0.6) is 0 Å². The lowest BCUT2D eigenvalue weighted by Gasteiger charge is -2.12. The predicted octanol–water partition coefficient (Wildman–Crippen LogP) is 5.37. The minimum Gasteiger partial charge on any atom is -0.354 e. The van der Waals surface area contributed by atoms with E-state index < -0.39 is 30.4 Å². The van der Waals surface area contributed by atoms with E-state index in [1.165, 1.54) is 30.3 Å². The van der Waals surface area contributed by atoms with Crippen LogP contribution in [0, 0.1) is 0 Å². The normalized spacial score (nSPS) is 11.5. The number of pyridine rings is 1. The fourth-order valence-electron chi connectivity index (χ4n) is 3.60. The van der Waals surface area contributed by atoms with Crippen molar-refractivity contribution in [1.29, 1.82) is 0 Å². The molecule has 0 bridgehead atoms. The summed E-state index contributed by atoms with van der Waals surface area (Å²) >= 11 is 12.1. The van der Waals surface area contributed by atoms with Gasteiger partial charge >= 0.3 is 6.18 Å². The molecule has 2 aromatic heterocycles. The Morgan fingerprint density at radius 2 is 1.69 bits per heavy atom. The number of benzene rings is 2. The number of amides is 2. The van der Waals surface area contributed by atoms with Gasteiger partial charge < -0.3 is 15.2 Å². The van der Waals surface area contributed by atoms with Gasteiger partial charge in [0.05, 0.1) is 26.8 Å². The summed E-state index contributed by atoms with van der Waals surface area (Å²) in [6.45, 7) is -0.426. The molecule has 0 atom stereocenters. The summed E-state index contributed by atoms with van der Waals surface area (Å²) in [5, 5.41) is 5.28. The number of carbonyl (C=O) groups is 2. The number of para-hydroxylation sites is 1. The van der Waals surface area contributed by atoms with E-state index in [2.05, 4.69) is 20.6 Å².